The zero-order chi connectivity index (χ0) is 17.1. The minimum atomic E-state index is -4.48. The number of amides is 2. The highest BCUT2D eigenvalue weighted by Crippen LogP contribution is 2.33. The molecular weight excluding hydrogens is 301 g/mol. The fraction of sp³-hybridized carbons (Fsp3) is 0.857. The van der Waals surface area contributed by atoms with Crippen LogP contribution in [-0.4, -0.2) is 46.3 Å². The summed E-state index contributed by atoms with van der Waals surface area (Å²) >= 11 is 0. The van der Waals surface area contributed by atoms with Crippen LogP contribution in [0.1, 0.15) is 46.5 Å². The van der Waals surface area contributed by atoms with Crippen LogP contribution in [0.25, 0.3) is 0 Å². The Bertz CT molecular complexity index is 419. The first-order chi connectivity index (χ1) is 9.93. The van der Waals surface area contributed by atoms with Gasteiger partial charge in [0.1, 0.15) is 6.54 Å². The highest BCUT2D eigenvalue weighted by Gasteiger charge is 2.42. The van der Waals surface area contributed by atoms with E-state index in [1.165, 1.54) is 4.90 Å². The van der Waals surface area contributed by atoms with Crippen LogP contribution in [0, 0.1) is 5.92 Å². The fourth-order valence-electron chi connectivity index (χ4n) is 2.97. The zero-order valence-electron chi connectivity index (χ0n) is 13.0. The van der Waals surface area contributed by atoms with Crippen LogP contribution in [0.2, 0.25) is 0 Å². The van der Waals surface area contributed by atoms with Crippen LogP contribution < -0.4 is 5.32 Å². The third-order valence-corrected chi connectivity index (χ3v) is 3.79. The summed E-state index contributed by atoms with van der Waals surface area (Å²) in [6.45, 7) is 3.73. The van der Waals surface area contributed by atoms with Gasteiger partial charge in [-0.1, -0.05) is 12.8 Å². The highest BCUT2D eigenvalue weighted by atomic mass is 19.4. The van der Waals surface area contributed by atoms with E-state index in [4.69, 9.17) is 0 Å². The van der Waals surface area contributed by atoms with Crippen LogP contribution >= 0.6 is 0 Å². The highest BCUT2D eigenvalue weighted by molar-refractivity contribution is 5.80. The molecule has 0 bridgehead atoms. The summed E-state index contributed by atoms with van der Waals surface area (Å²) in [6, 6.07) is -0.598. The maximum Gasteiger partial charge on any atom is 0.408 e. The summed E-state index contributed by atoms with van der Waals surface area (Å²) in [4.78, 5) is 24.8. The number of nitrogens with zero attached hydrogens (tertiary/aromatic N) is 1. The van der Waals surface area contributed by atoms with E-state index in [0.717, 1.165) is 6.42 Å². The lowest BCUT2D eigenvalue weighted by Gasteiger charge is -2.44. The molecule has 8 heteroatoms. The molecular formula is C14H23F3N2O3. The molecule has 5 nitrogen and oxygen atoms in total. The van der Waals surface area contributed by atoms with Gasteiger partial charge in [-0.15, -0.1) is 0 Å². The van der Waals surface area contributed by atoms with E-state index in [1.807, 2.05) is 5.32 Å². The van der Waals surface area contributed by atoms with Gasteiger partial charge in [0.05, 0.1) is 5.92 Å². The van der Waals surface area contributed by atoms with E-state index in [9.17, 15) is 27.9 Å². The molecule has 0 spiro atoms. The Morgan fingerprint density at radius 2 is 1.73 bits per heavy atom. The van der Waals surface area contributed by atoms with Crippen LogP contribution in [0.15, 0.2) is 0 Å². The Morgan fingerprint density at radius 1 is 1.18 bits per heavy atom. The SMILES string of the molecule is CC(C)(C)N(C(=O)O)[C@H]1CCCC[C@H]1C(=O)NCC(F)(F)F. The van der Waals surface area contributed by atoms with Gasteiger partial charge in [-0.25, -0.2) is 4.79 Å². The second-order valence-corrected chi connectivity index (χ2v) is 6.61. The van der Waals surface area contributed by atoms with Crippen molar-refractivity contribution in [3.63, 3.8) is 0 Å². The second-order valence-electron chi connectivity index (χ2n) is 6.61. The maximum atomic E-state index is 12.2. The van der Waals surface area contributed by atoms with Gasteiger partial charge in [-0.2, -0.15) is 13.2 Å². The van der Waals surface area contributed by atoms with Crippen LogP contribution in [0.4, 0.5) is 18.0 Å². The molecule has 128 valence electrons. The molecule has 1 saturated carbocycles. The Balaban J connectivity index is 2.90. The lowest BCUT2D eigenvalue weighted by Crippen LogP contribution is -2.57. The number of carbonyl (C=O) groups is 2. The van der Waals surface area contributed by atoms with Crippen LogP contribution in [-0.2, 0) is 4.79 Å². The largest absolute Gasteiger partial charge is 0.465 e. The first-order valence-corrected chi connectivity index (χ1v) is 7.30. The quantitative estimate of drug-likeness (QED) is 0.838. The van der Waals surface area contributed by atoms with E-state index in [2.05, 4.69) is 0 Å². The van der Waals surface area contributed by atoms with Gasteiger partial charge in [-0.3, -0.25) is 9.69 Å². The Labute approximate surface area is 127 Å². The second kappa shape index (κ2) is 6.75. The van der Waals surface area contributed by atoms with Crippen LogP contribution in [0.3, 0.4) is 0 Å². The molecule has 0 unspecified atom stereocenters. The molecule has 0 aromatic carbocycles. The molecule has 2 amide bonds. The Kier molecular flexibility index (Phi) is 5.70. The normalized spacial score (nSPS) is 23.0. The average Bonchev–Trinajstić information content (AvgIpc) is 2.33. The van der Waals surface area contributed by atoms with E-state index in [0.29, 0.717) is 19.3 Å². The topological polar surface area (TPSA) is 69.6 Å². The molecule has 0 saturated heterocycles. The zero-order valence-corrected chi connectivity index (χ0v) is 13.0. The molecule has 0 aliphatic heterocycles. The van der Waals surface area contributed by atoms with E-state index >= 15 is 0 Å². The third-order valence-electron chi connectivity index (χ3n) is 3.79. The fourth-order valence-corrected chi connectivity index (χ4v) is 2.97. The first kappa shape index (κ1) is 18.6. The average molecular weight is 324 g/mol. The summed E-state index contributed by atoms with van der Waals surface area (Å²) in [7, 11) is 0. The number of rotatable bonds is 3. The van der Waals surface area contributed by atoms with Gasteiger partial charge in [-0.05, 0) is 33.6 Å². The minimum Gasteiger partial charge on any atom is -0.465 e. The summed E-state index contributed by atoms with van der Waals surface area (Å²) in [5.74, 6) is -1.47. The van der Waals surface area contributed by atoms with E-state index < -0.39 is 42.2 Å². The summed E-state index contributed by atoms with van der Waals surface area (Å²) in [6.07, 6.45) is -3.29. The number of carbonyl (C=O) groups excluding carboxylic acids is 1. The van der Waals surface area contributed by atoms with Gasteiger partial charge in [0, 0.05) is 11.6 Å². The third kappa shape index (κ3) is 5.06. The molecule has 0 aromatic heterocycles. The maximum absolute atomic E-state index is 12.2. The monoisotopic (exact) mass is 324 g/mol. The summed E-state index contributed by atoms with van der Waals surface area (Å²) in [5, 5.41) is 11.3. The predicted molar refractivity (Wildman–Crippen MR) is 74.4 cm³/mol. The molecule has 22 heavy (non-hydrogen) atoms. The number of alkyl halides is 3. The lowest BCUT2D eigenvalue weighted by molar-refractivity contribution is -0.143. The van der Waals surface area contributed by atoms with Gasteiger partial charge in [0.2, 0.25) is 5.91 Å². The summed E-state index contributed by atoms with van der Waals surface area (Å²) < 4.78 is 36.7. The standard InChI is InChI=1S/C14H23F3N2O3/c1-13(2,3)19(12(21)22)10-7-5-4-6-9(10)11(20)18-8-14(15,16)17/h9-10H,4-8H2,1-3H3,(H,18,20)(H,21,22)/t9-,10+/m1/s1. The van der Waals surface area contributed by atoms with Crippen molar-refractivity contribution in [2.45, 2.75) is 64.2 Å². The Hall–Kier alpha value is -1.47. The molecule has 2 N–H and O–H groups in total. The van der Waals surface area contributed by atoms with Crippen LogP contribution in [0.5, 0.6) is 0 Å². The molecule has 0 aromatic rings. The van der Waals surface area contributed by atoms with Gasteiger partial charge < -0.3 is 10.4 Å². The smallest absolute Gasteiger partial charge is 0.408 e. The van der Waals surface area contributed by atoms with E-state index in [-0.39, 0.29) is 0 Å². The van der Waals surface area contributed by atoms with Crippen molar-refractivity contribution in [2.24, 2.45) is 5.92 Å². The van der Waals surface area contributed by atoms with Gasteiger partial charge in [0.15, 0.2) is 0 Å². The van der Waals surface area contributed by atoms with Crippen molar-refractivity contribution >= 4 is 12.0 Å². The van der Waals surface area contributed by atoms with Crippen molar-refractivity contribution < 1.29 is 27.9 Å². The number of nitrogens with one attached hydrogen (secondary N) is 1. The predicted octanol–water partition coefficient (Wildman–Crippen LogP) is 3.00. The number of hydrogen-bond acceptors (Lipinski definition) is 2. The number of hydrogen-bond donors (Lipinski definition) is 2. The molecule has 1 aliphatic rings. The molecule has 1 rings (SSSR count). The Morgan fingerprint density at radius 3 is 2.18 bits per heavy atom. The molecule has 1 aliphatic carbocycles. The lowest BCUT2D eigenvalue weighted by atomic mass is 9.81. The van der Waals surface area contributed by atoms with Gasteiger partial charge >= 0.3 is 12.3 Å². The molecule has 1 fully saturated rings. The first-order valence-electron chi connectivity index (χ1n) is 7.30. The molecule has 2 atom stereocenters. The molecule has 0 radical (unpaired) electrons. The summed E-state index contributed by atoms with van der Waals surface area (Å²) in [5.41, 5.74) is -0.726. The van der Waals surface area contributed by atoms with Crippen molar-refractivity contribution in [3.05, 3.63) is 0 Å². The minimum absolute atomic E-state index is 0.397. The van der Waals surface area contributed by atoms with Crippen molar-refractivity contribution in [3.8, 4) is 0 Å². The van der Waals surface area contributed by atoms with Crippen molar-refractivity contribution in [1.29, 1.82) is 0 Å². The van der Waals surface area contributed by atoms with Gasteiger partial charge in [0.25, 0.3) is 0 Å². The van der Waals surface area contributed by atoms with Crippen molar-refractivity contribution in [1.82, 2.24) is 10.2 Å². The van der Waals surface area contributed by atoms with Crippen molar-refractivity contribution in [2.75, 3.05) is 6.54 Å². The number of halogens is 3. The number of carboxylic acid groups (broad SMARTS) is 1. The molecule has 0 heterocycles. The van der Waals surface area contributed by atoms with E-state index in [1.54, 1.807) is 20.8 Å².